The summed E-state index contributed by atoms with van der Waals surface area (Å²) >= 11 is 0. The lowest BCUT2D eigenvalue weighted by Gasteiger charge is -2.34. The summed E-state index contributed by atoms with van der Waals surface area (Å²) in [4.78, 5) is 25.9. The summed E-state index contributed by atoms with van der Waals surface area (Å²) in [7, 11) is 0. The van der Waals surface area contributed by atoms with Gasteiger partial charge in [0.25, 0.3) is 0 Å². The van der Waals surface area contributed by atoms with Gasteiger partial charge in [0.2, 0.25) is 11.8 Å². The van der Waals surface area contributed by atoms with Crippen LogP contribution in [0.2, 0.25) is 0 Å². The molecule has 0 spiro atoms. The van der Waals surface area contributed by atoms with Crippen LogP contribution in [0.1, 0.15) is 63.6 Å². The van der Waals surface area contributed by atoms with Gasteiger partial charge >= 0.3 is 0 Å². The third kappa shape index (κ3) is 5.05. The van der Waals surface area contributed by atoms with E-state index in [-0.39, 0.29) is 29.8 Å². The first-order valence-corrected chi connectivity index (χ1v) is 9.23. The molecular weight excluding hydrogens is 314 g/mol. The van der Waals surface area contributed by atoms with Gasteiger partial charge in [-0.1, -0.05) is 38.1 Å². The molecule has 5 nitrogen and oxygen atoms in total. The smallest absolute Gasteiger partial charge is 0.239 e. The van der Waals surface area contributed by atoms with E-state index in [4.69, 9.17) is 5.73 Å². The Bertz CT molecular complexity index is 597. The Morgan fingerprint density at radius 1 is 1.12 bits per heavy atom. The van der Waals surface area contributed by atoms with Crippen molar-refractivity contribution in [1.29, 1.82) is 0 Å². The van der Waals surface area contributed by atoms with Gasteiger partial charge in [0, 0.05) is 19.1 Å². The molecule has 0 bridgehead atoms. The van der Waals surface area contributed by atoms with E-state index in [2.05, 4.69) is 50.4 Å². The third-order valence-corrected chi connectivity index (χ3v) is 5.11. The lowest BCUT2D eigenvalue weighted by Crippen LogP contribution is -2.50. The Balaban J connectivity index is 1.94. The van der Waals surface area contributed by atoms with Crippen LogP contribution < -0.4 is 11.1 Å². The van der Waals surface area contributed by atoms with E-state index >= 15 is 0 Å². The van der Waals surface area contributed by atoms with E-state index < -0.39 is 0 Å². The van der Waals surface area contributed by atoms with Gasteiger partial charge in [0.05, 0.1) is 12.0 Å². The van der Waals surface area contributed by atoms with Crippen molar-refractivity contribution < 1.29 is 9.59 Å². The molecule has 0 aromatic heterocycles. The minimum Gasteiger partial charge on any atom is -0.369 e. The Morgan fingerprint density at radius 2 is 1.72 bits per heavy atom. The fraction of sp³-hybridized carbons (Fsp3) is 0.600. The topological polar surface area (TPSA) is 75.4 Å². The number of nitrogens with two attached hydrogens (primary N) is 1. The molecule has 1 aromatic rings. The second kappa shape index (κ2) is 8.48. The molecule has 5 heteroatoms. The fourth-order valence-electron chi connectivity index (χ4n) is 3.40. The maximum atomic E-state index is 12.7. The number of piperidine rings is 1. The molecule has 25 heavy (non-hydrogen) atoms. The number of rotatable bonds is 6. The van der Waals surface area contributed by atoms with Crippen LogP contribution in [0, 0.1) is 5.92 Å². The molecule has 1 aliphatic rings. The quantitative estimate of drug-likeness (QED) is 0.832. The van der Waals surface area contributed by atoms with Crippen molar-refractivity contribution in [2.24, 2.45) is 11.7 Å². The van der Waals surface area contributed by atoms with Crippen LogP contribution in [0.15, 0.2) is 24.3 Å². The van der Waals surface area contributed by atoms with Crippen molar-refractivity contribution in [3.05, 3.63) is 35.4 Å². The number of carbonyl (C=O) groups is 2. The average molecular weight is 345 g/mol. The van der Waals surface area contributed by atoms with Gasteiger partial charge in [-0.15, -0.1) is 0 Å². The molecule has 0 radical (unpaired) electrons. The van der Waals surface area contributed by atoms with E-state index in [1.165, 1.54) is 5.56 Å². The number of benzene rings is 1. The van der Waals surface area contributed by atoms with Gasteiger partial charge < -0.3 is 10.6 Å². The Labute approximate surface area is 151 Å². The first kappa shape index (κ1) is 19.4. The van der Waals surface area contributed by atoms with Crippen LogP contribution >= 0.6 is 0 Å². The number of carbonyl (C=O) groups excluding carboxylic acids is 2. The molecule has 138 valence electrons. The maximum absolute atomic E-state index is 12.7. The standard InChI is InChI=1S/C20H31N3O2/c1-13(2)16-7-9-17(10-8-16)14(3)22-15(4)20(25)23-11-5-6-18(12-23)19(21)24/h7-10,13-15,18,22H,5-6,11-12H2,1-4H3,(H2,21,24)/t14-,15-,18-/m0/s1. The van der Waals surface area contributed by atoms with Crippen molar-refractivity contribution in [3.63, 3.8) is 0 Å². The van der Waals surface area contributed by atoms with E-state index in [0.29, 0.717) is 19.0 Å². The highest BCUT2D eigenvalue weighted by atomic mass is 16.2. The molecule has 1 heterocycles. The number of primary amides is 1. The lowest BCUT2D eigenvalue weighted by atomic mass is 9.96. The lowest BCUT2D eigenvalue weighted by molar-refractivity contribution is -0.136. The van der Waals surface area contributed by atoms with Gasteiger partial charge in [-0.25, -0.2) is 0 Å². The van der Waals surface area contributed by atoms with Gasteiger partial charge in [-0.3, -0.25) is 14.9 Å². The summed E-state index contributed by atoms with van der Waals surface area (Å²) < 4.78 is 0. The normalized spacial score (nSPS) is 20.4. The summed E-state index contributed by atoms with van der Waals surface area (Å²) in [5.41, 5.74) is 7.88. The van der Waals surface area contributed by atoms with E-state index in [9.17, 15) is 9.59 Å². The van der Waals surface area contributed by atoms with Gasteiger partial charge in [0.1, 0.15) is 0 Å². The number of nitrogens with one attached hydrogen (secondary N) is 1. The van der Waals surface area contributed by atoms with Crippen LogP contribution in [0.25, 0.3) is 0 Å². The molecule has 0 saturated carbocycles. The number of nitrogens with zero attached hydrogens (tertiary/aromatic N) is 1. The van der Waals surface area contributed by atoms with Crippen LogP contribution in [0.5, 0.6) is 0 Å². The predicted octanol–water partition coefficient (Wildman–Crippen LogP) is 2.57. The molecule has 3 atom stereocenters. The molecule has 1 fully saturated rings. The number of likely N-dealkylation sites (tertiary alicyclic amines) is 1. The molecule has 3 N–H and O–H groups in total. The van der Waals surface area contributed by atoms with Crippen LogP contribution in [-0.2, 0) is 9.59 Å². The minimum absolute atomic E-state index is 0.0385. The summed E-state index contributed by atoms with van der Waals surface area (Å²) in [6.45, 7) is 9.44. The zero-order valence-corrected chi connectivity index (χ0v) is 15.8. The Morgan fingerprint density at radius 3 is 2.28 bits per heavy atom. The summed E-state index contributed by atoms with van der Waals surface area (Å²) in [5, 5.41) is 3.38. The number of hydrogen-bond acceptors (Lipinski definition) is 3. The SMILES string of the molecule is CC(C)c1ccc([C@H](C)N[C@@H](C)C(=O)N2CCC[C@H](C(N)=O)C2)cc1. The third-order valence-electron chi connectivity index (χ3n) is 5.11. The van der Waals surface area contributed by atoms with E-state index in [1.54, 1.807) is 4.90 Å². The summed E-state index contributed by atoms with van der Waals surface area (Å²) in [6.07, 6.45) is 1.61. The highest BCUT2D eigenvalue weighted by molar-refractivity contribution is 5.83. The monoisotopic (exact) mass is 345 g/mol. The molecule has 0 unspecified atom stereocenters. The average Bonchev–Trinajstić information content (AvgIpc) is 2.61. The molecule has 0 aliphatic carbocycles. The van der Waals surface area contributed by atoms with Crippen molar-refractivity contribution in [3.8, 4) is 0 Å². The van der Waals surface area contributed by atoms with Crippen LogP contribution in [-0.4, -0.2) is 35.8 Å². The first-order valence-electron chi connectivity index (χ1n) is 9.23. The van der Waals surface area contributed by atoms with Gasteiger partial charge in [0.15, 0.2) is 0 Å². The Hall–Kier alpha value is -1.88. The van der Waals surface area contributed by atoms with Crippen molar-refractivity contribution in [2.75, 3.05) is 13.1 Å². The summed E-state index contributed by atoms with van der Waals surface area (Å²) in [6, 6.07) is 8.31. The second-order valence-electron chi connectivity index (χ2n) is 7.46. The van der Waals surface area contributed by atoms with Crippen molar-refractivity contribution >= 4 is 11.8 Å². The van der Waals surface area contributed by atoms with Gasteiger partial charge in [-0.05, 0) is 43.7 Å². The molecule has 1 saturated heterocycles. The van der Waals surface area contributed by atoms with Crippen molar-refractivity contribution in [1.82, 2.24) is 10.2 Å². The minimum atomic E-state index is -0.309. The molecule has 2 rings (SSSR count). The number of amides is 2. The maximum Gasteiger partial charge on any atom is 0.239 e. The van der Waals surface area contributed by atoms with Crippen LogP contribution in [0.3, 0.4) is 0 Å². The zero-order chi connectivity index (χ0) is 18.6. The zero-order valence-electron chi connectivity index (χ0n) is 15.8. The second-order valence-corrected chi connectivity index (χ2v) is 7.46. The highest BCUT2D eigenvalue weighted by Crippen LogP contribution is 2.20. The molecule has 1 aromatic carbocycles. The molecule has 2 amide bonds. The Kier molecular flexibility index (Phi) is 6.59. The number of hydrogen-bond donors (Lipinski definition) is 2. The van der Waals surface area contributed by atoms with E-state index in [0.717, 1.165) is 18.4 Å². The van der Waals surface area contributed by atoms with Crippen molar-refractivity contribution in [2.45, 2.75) is 58.5 Å². The highest BCUT2D eigenvalue weighted by Gasteiger charge is 2.29. The predicted molar refractivity (Wildman–Crippen MR) is 100 cm³/mol. The molecular formula is C20H31N3O2. The van der Waals surface area contributed by atoms with Crippen LogP contribution in [0.4, 0.5) is 0 Å². The first-order chi connectivity index (χ1) is 11.8. The summed E-state index contributed by atoms with van der Waals surface area (Å²) in [5.74, 6) is 0.0225. The van der Waals surface area contributed by atoms with E-state index in [1.807, 2.05) is 6.92 Å². The van der Waals surface area contributed by atoms with Gasteiger partial charge in [-0.2, -0.15) is 0 Å². The molecule has 1 aliphatic heterocycles. The fourth-order valence-corrected chi connectivity index (χ4v) is 3.40. The largest absolute Gasteiger partial charge is 0.369 e.